The van der Waals surface area contributed by atoms with Crippen molar-refractivity contribution in [1.29, 1.82) is 5.41 Å². The summed E-state index contributed by atoms with van der Waals surface area (Å²) < 4.78 is 5.28. The van der Waals surface area contributed by atoms with Crippen LogP contribution in [0.25, 0.3) is 0 Å². The highest BCUT2D eigenvalue weighted by Gasteiger charge is 2.23. The minimum atomic E-state index is -0.121. The summed E-state index contributed by atoms with van der Waals surface area (Å²) in [7, 11) is 0. The zero-order valence-corrected chi connectivity index (χ0v) is 17.2. The van der Waals surface area contributed by atoms with E-state index in [0.29, 0.717) is 41.4 Å². The maximum absolute atomic E-state index is 12.4. The number of aryl methyl sites for hydroxylation is 1. The number of allylic oxidation sites excluding steroid dienone is 5. The first kappa shape index (κ1) is 23.8. The van der Waals surface area contributed by atoms with E-state index in [9.17, 15) is 4.79 Å². The average molecular weight is 399 g/mol. The van der Waals surface area contributed by atoms with Gasteiger partial charge in [-0.3, -0.25) is 15.0 Å². The number of carbonyl (C=O) groups is 2. The number of amides is 2. The smallest absolute Gasteiger partial charge is 0.229 e. The molecule has 1 atom stereocenters. The van der Waals surface area contributed by atoms with E-state index in [1.54, 1.807) is 6.08 Å². The van der Waals surface area contributed by atoms with E-state index in [1.807, 2.05) is 57.2 Å². The van der Waals surface area contributed by atoms with Crippen LogP contribution in [-0.4, -0.2) is 31.2 Å². The molecule has 2 rings (SSSR count). The monoisotopic (exact) mass is 398 g/mol. The molecule has 1 aromatic rings. The molecule has 6 N–H and O–H groups in total. The van der Waals surface area contributed by atoms with Crippen LogP contribution in [0.3, 0.4) is 0 Å². The third-order valence-corrected chi connectivity index (χ3v) is 4.30. The van der Waals surface area contributed by atoms with E-state index in [4.69, 9.17) is 20.7 Å². The Balaban J connectivity index is 0.00000132. The molecule has 0 bridgehead atoms. The summed E-state index contributed by atoms with van der Waals surface area (Å²) in [6.45, 7) is 6.81. The van der Waals surface area contributed by atoms with Gasteiger partial charge >= 0.3 is 0 Å². The third kappa shape index (κ3) is 7.38. The van der Waals surface area contributed by atoms with Crippen molar-refractivity contribution in [2.24, 2.45) is 11.7 Å². The molecule has 0 radical (unpaired) electrons. The number of nitrogens with two attached hydrogens (primary N) is 2. The second-order valence-electron chi connectivity index (χ2n) is 6.50. The Kier molecular flexibility index (Phi) is 10.1. The van der Waals surface area contributed by atoms with Crippen LogP contribution in [0.15, 0.2) is 53.8 Å². The van der Waals surface area contributed by atoms with Gasteiger partial charge in [-0.05, 0) is 57.0 Å². The number of carbonyl (C=O) groups excluding carboxylic acids is 2. The van der Waals surface area contributed by atoms with Crippen molar-refractivity contribution in [2.75, 3.05) is 18.9 Å². The van der Waals surface area contributed by atoms with E-state index in [0.717, 1.165) is 12.0 Å². The molecule has 0 spiro atoms. The summed E-state index contributed by atoms with van der Waals surface area (Å²) in [6, 6.07) is 5.64. The number of nitrogens with one attached hydrogen (secondary N) is 2. The van der Waals surface area contributed by atoms with Crippen LogP contribution in [0.4, 0.5) is 5.69 Å². The fourth-order valence-electron chi connectivity index (χ4n) is 2.80. The van der Waals surface area contributed by atoms with Crippen LogP contribution in [0.2, 0.25) is 0 Å². The SMILES string of the molecule is C\C=C/C(=C\C(=C/C)C(=N)c1cc(C)ccc1N)NC(=O)C1CCOC1.NC=O. The number of ether oxygens (including phenoxy) is 1. The molecule has 1 saturated heterocycles. The van der Waals surface area contributed by atoms with Gasteiger partial charge in [0.15, 0.2) is 0 Å². The van der Waals surface area contributed by atoms with E-state index < -0.39 is 0 Å². The third-order valence-electron chi connectivity index (χ3n) is 4.30. The molecule has 0 aromatic heterocycles. The number of hydrogen-bond acceptors (Lipinski definition) is 5. The molecule has 1 heterocycles. The van der Waals surface area contributed by atoms with Crippen LogP contribution in [-0.2, 0) is 14.3 Å². The number of primary amides is 1. The molecule has 2 amide bonds. The lowest BCUT2D eigenvalue weighted by Gasteiger charge is -2.13. The number of nitrogen functional groups attached to an aromatic ring is 1. The van der Waals surface area contributed by atoms with Crippen LogP contribution in [0.5, 0.6) is 0 Å². The van der Waals surface area contributed by atoms with Crippen LogP contribution in [0, 0.1) is 18.3 Å². The highest BCUT2D eigenvalue weighted by Crippen LogP contribution is 2.20. The molecule has 1 aliphatic rings. The summed E-state index contributed by atoms with van der Waals surface area (Å²) in [5, 5.41) is 11.5. The lowest BCUT2D eigenvalue weighted by atomic mass is 9.98. The van der Waals surface area contributed by atoms with Gasteiger partial charge in [0.25, 0.3) is 0 Å². The quantitative estimate of drug-likeness (QED) is 0.254. The highest BCUT2D eigenvalue weighted by atomic mass is 16.5. The summed E-state index contributed by atoms with van der Waals surface area (Å²) in [6.07, 6.45) is 8.32. The Bertz CT molecular complexity index is 819. The molecule has 156 valence electrons. The van der Waals surface area contributed by atoms with Crippen molar-refractivity contribution in [3.8, 4) is 0 Å². The van der Waals surface area contributed by atoms with Gasteiger partial charge < -0.3 is 21.5 Å². The molecule has 29 heavy (non-hydrogen) atoms. The second-order valence-corrected chi connectivity index (χ2v) is 6.50. The first-order valence-corrected chi connectivity index (χ1v) is 9.38. The number of rotatable bonds is 6. The molecule has 1 aromatic carbocycles. The van der Waals surface area contributed by atoms with Gasteiger partial charge in [0.2, 0.25) is 12.3 Å². The molecule has 0 aliphatic carbocycles. The van der Waals surface area contributed by atoms with Gasteiger partial charge in [-0.1, -0.05) is 23.8 Å². The summed E-state index contributed by atoms with van der Waals surface area (Å²) >= 11 is 0. The van der Waals surface area contributed by atoms with E-state index in [1.165, 1.54) is 0 Å². The Morgan fingerprint density at radius 1 is 1.34 bits per heavy atom. The maximum atomic E-state index is 12.4. The maximum Gasteiger partial charge on any atom is 0.229 e. The van der Waals surface area contributed by atoms with Crippen LogP contribution < -0.4 is 16.8 Å². The van der Waals surface area contributed by atoms with Crippen LogP contribution in [0.1, 0.15) is 31.4 Å². The fraction of sp³-hybridized carbons (Fsp3) is 0.318. The Morgan fingerprint density at radius 2 is 2.03 bits per heavy atom. The lowest BCUT2D eigenvalue weighted by Crippen LogP contribution is -2.30. The predicted octanol–water partition coefficient (Wildman–Crippen LogP) is 2.61. The summed E-state index contributed by atoms with van der Waals surface area (Å²) in [5.41, 5.74) is 14.2. The Morgan fingerprint density at radius 3 is 2.59 bits per heavy atom. The van der Waals surface area contributed by atoms with Gasteiger partial charge in [-0.2, -0.15) is 0 Å². The van der Waals surface area contributed by atoms with E-state index in [-0.39, 0.29) is 18.2 Å². The largest absolute Gasteiger partial charge is 0.398 e. The standard InChI is InChI=1S/C21H27N3O2.CH3NO/c1-4-6-17(24-21(25)16-9-10-26-13-16)12-15(5-2)20(23)18-11-14(3)7-8-19(18)22;2-1-3/h4-8,11-12,16,23H,9-10,13,22H2,1-3H3,(H,24,25);1H,(H2,2,3)/b6-4-,15-5+,17-12+,23-20?;. The second kappa shape index (κ2) is 12.3. The Labute approximate surface area is 172 Å². The van der Waals surface area contributed by atoms with Crippen molar-refractivity contribution in [1.82, 2.24) is 5.32 Å². The molecule has 1 fully saturated rings. The number of hydrogen-bond donors (Lipinski definition) is 4. The molecule has 0 saturated carbocycles. The zero-order valence-electron chi connectivity index (χ0n) is 17.2. The van der Waals surface area contributed by atoms with Crippen LogP contribution >= 0.6 is 0 Å². The van der Waals surface area contributed by atoms with Gasteiger partial charge in [0.05, 0.1) is 18.2 Å². The molecular weight excluding hydrogens is 368 g/mol. The summed E-state index contributed by atoms with van der Waals surface area (Å²) in [4.78, 5) is 21.0. The first-order valence-electron chi connectivity index (χ1n) is 9.38. The molecular formula is C22H30N4O3. The topological polar surface area (TPSA) is 131 Å². The van der Waals surface area contributed by atoms with Gasteiger partial charge in [-0.15, -0.1) is 0 Å². The minimum absolute atomic E-state index is 0.0519. The van der Waals surface area contributed by atoms with Crippen molar-refractivity contribution < 1.29 is 14.3 Å². The van der Waals surface area contributed by atoms with Crippen molar-refractivity contribution in [2.45, 2.75) is 27.2 Å². The van der Waals surface area contributed by atoms with Crippen molar-refractivity contribution in [3.05, 3.63) is 64.9 Å². The van der Waals surface area contributed by atoms with Gasteiger partial charge in [-0.25, -0.2) is 0 Å². The lowest BCUT2D eigenvalue weighted by molar-refractivity contribution is -0.124. The van der Waals surface area contributed by atoms with E-state index in [2.05, 4.69) is 11.1 Å². The van der Waals surface area contributed by atoms with Crippen molar-refractivity contribution >= 4 is 23.7 Å². The average Bonchev–Trinajstić information content (AvgIpc) is 3.23. The molecule has 7 nitrogen and oxygen atoms in total. The minimum Gasteiger partial charge on any atom is -0.398 e. The fourth-order valence-corrected chi connectivity index (χ4v) is 2.80. The normalized spacial score (nSPS) is 16.9. The summed E-state index contributed by atoms with van der Waals surface area (Å²) in [5.74, 6) is -0.173. The highest BCUT2D eigenvalue weighted by molar-refractivity contribution is 6.15. The number of anilines is 1. The first-order chi connectivity index (χ1) is 13.9. The molecule has 1 aliphatic heterocycles. The van der Waals surface area contributed by atoms with Gasteiger partial charge in [0.1, 0.15) is 0 Å². The number of benzene rings is 1. The van der Waals surface area contributed by atoms with Crippen molar-refractivity contribution in [3.63, 3.8) is 0 Å². The zero-order chi connectivity index (χ0) is 21.8. The predicted molar refractivity (Wildman–Crippen MR) is 116 cm³/mol. The molecule has 7 heteroatoms. The van der Waals surface area contributed by atoms with Gasteiger partial charge in [0, 0.05) is 23.6 Å². The molecule has 1 unspecified atom stereocenters. The Hall–Kier alpha value is -3.19. The van der Waals surface area contributed by atoms with E-state index >= 15 is 0 Å².